The van der Waals surface area contributed by atoms with Gasteiger partial charge in [0.2, 0.25) is 0 Å². The Morgan fingerprint density at radius 1 is 1.45 bits per heavy atom. The average Bonchev–Trinajstić information content (AvgIpc) is 2.43. The van der Waals surface area contributed by atoms with Gasteiger partial charge in [-0.2, -0.15) is 0 Å². The van der Waals surface area contributed by atoms with Crippen molar-refractivity contribution in [1.82, 2.24) is 0 Å². The molecule has 0 bridgehead atoms. The largest absolute Gasteiger partial charge is 0.480 e. The monoisotopic (exact) mass is 282 g/mol. The van der Waals surface area contributed by atoms with Crippen LogP contribution in [0.2, 0.25) is 0 Å². The van der Waals surface area contributed by atoms with E-state index in [1.807, 2.05) is 17.9 Å². The standard InChI is InChI=1S/C15H23FN2O2/c1-3-15(17,14(19)20)9-6-10-18(4-2)13-8-5-7-12(16)11-13/h5,7-8,11H,3-4,6,9-10,17H2,1-2H3,(H,19,20). The third-order valence-corrected chi connectivity index (χ3v) is 3.66. The van der Waals surface area contributed by atoms with Gasteiger partial charge in [0.1, 0.15) is 11.4 Å². The molecule has 0 aliphatic carbocycles. The third kappa shape index (κ3) is 4.20. The lowest BCUT2D eigenvalue weighted by atomic mass is 9.92. The highest BCUT2D eigenvalue weighted by atomic mass is 19.1. The van der Waals surface area contributed by atoms with E-state index in [1.165, 1.54) is 12.1 Å². The minimum atomic E-state index is -1.17. The van der Waals surface area contributed by atoms with E-state index in [2.05, 4.69) is 0 Å². The van der Waals surface area contributed by atoms with Crippen LogP contribution in [0, 0.1) is 5.82 Å². The van der Waals surface area contributed by atoms with E-state index in [9.17, 15) is 9.18 Å². The smallest absolute Gasteiger partial charge is 0.323 e. The van der Waals surface area contributed by atoms with Gasteiger partial charge in [0, 0.05) is 18.8 Å². The topological polar surface area (TPSA) is 66.6 Å². The first-order chi connectivity index (χ1) is 9.42. The van der Waals surface area contributed by atoms with E-state index in [4.69, 9.17) is 10.8 Å². The summed E-state index contributed by atoms with van der Waals surface area (Å²) in [4.78, 5) is 13.1. The minimum absolute atomic E-state index is 0.270. The fraction of sp³-hybridized carbons (Fsp3) is 0.533. The van der Waals surface area contributed by atoms with Gasteiger partial charge in [-0.05, 0) is 44.4 Å². The second-order valence-electron chi connectivity index (χ2n) is 4.98. The number of anilines is 1. The van der Waals surface area contributed by atoms with Crippen molar-refractivity contribution in [1.29, 1.82) is 0 Å². The molecule has 1 aromatic carbocycles. The SMILES string of the molecule is CCN(CCCC(N)(CC)C(=O)O)c1cccc(F)c1. The number of carbonyl (C=O) groups is 1. The van der Waals surface area contributed by atoms with Crippen molar-refractivity contribution in [2.24, 2.45) is 5.73 Å². The number of nitrogens with two attached hydrogens (primary N) is 1. The Kier molecular flexibility index (Phi) is 5.95. The zero-order valence-corrected chi connectivity index (χ0v) is 12.1. The van der Waals surface area contributed by atoms with Crippen LogP contribution in [-0.4, -0.2) is 29.7 Å². The molecule has 1 rings (SSSR count). The molecule has 1 unspecified atom stereocenters. The molecule has 0 aromatic heterocycles. The first-order valence-electron chi connectivity index (χ1n) is 6.95. The lowest BCUT2D eigenvalue weighted by molar-refractivity contribution is -0.143. The molecule has 0 spiro atoms. The number of aliphatic carboxylic acids is 1. The van der Waals surface area contributed by atoms with E-state index in [-0.39, 0.29) is 5.82 Å². The van der Waals surface area contributed by atoms with E-state index >= 15 is 0 Å². The molecule has 0 aliphatic rings. The maximum absolute atomic E-state index is 13.2. The van der Waals surface area contributed by atoms with Crippen LogP contribution in [0.4, 0.5) is 10.1 Å². The van der Waals surface area contributed by atoms with Gasteiger partial charge in [-0.15, -0.1) is 0 Å². The molecule has 0 heterocycles. The zero-order chi connectivity index (χ0) is 15.2. The number of carboxylic acid groups (broad SMARTS) is 1. The van der Waals surface area contributed by atoms with Gasteiger partial charge in [0.05, 0.1) is 0 Å². The highest BCUT2D eigenvalue weighted by Crippen LogP contribution is 2.19. The first-order valence-corrected chi connectivity index (χ1v) is 6.95. The number of rotatable bonds is 8. The normalized spacial score (nSPS) is 13.8. The molecule has 0 fully saturated rings. The molecular weight excluding hydrogens is 259 g/mol. The van der Waals surface area contributed by atoms with Crippen LogP contribution in [0.3, 0.4) is 0 Å². The summed E-state index contributed by atoms with van der Waals surface area (Å²) in [5.74, 6) is -1.23. The predicted molar refractivity (Wildman–Crippen MR) is 78.4 cm³/mol. The van der Waals surface area contributed by atoms with Crippen molar-refractivity contribution in [3.63, 3.8) is 0 Å². The highest BCUT2D eigenvalue weighted by Gasteiger charge is 2.31. The van der Waals surface area contributed by atoms with E-state index in [1.54, 1.807) is 13.0 Å². The second kappa shape index (κ2) is 7.24. The summed E-state index contributed by atoms with van der Waals surface area (Å²) < 4.78 is 13.2. The molecule has 0 saturated heterocycles. The fourth-order valence-corrected chi connectivity index (χ4v) is 2.16. The van der Waals surface area contributed by atoms with Gasteiger partial charge in [0.15, 0.2) is 0 Å². The molecule has 4 nitrogen and oxygen atoms in total. The van der Waals surface area contributed by atoms with Gasteiger partial charge in [-0.25, -0.2) is 4.39 Å². The Morgan fingerprint density at radius 2 is 2.15 bits per heavy atom. The number of hydrogen-bond donors (Lipinski definition) is 2. The summed E-state index contributed by atoms with van der Waals surface area (Å²) in [6.45, 7) is 5.16. The Hall–Kier alpha value is -1.62. The van der Waals surface area contributed by atoms with Crippen LogP contribution in [0.25, 0.3) is 0 Å². The van der Waals surface area contributed by atoms with Gasteiger partial charge >= 0.3 is 5.97 Å². The highest BCUT2D eigenvalue weighted by molar-refractivity contribution is 5.78. The molecular formula is C15H23FN2O2. The number of halogens is 1. The fourth-order valence-electron chi connectivity index (χ4n) is 2.16. The molecule has 3 N–H and O–H groups in total. The van der Waals surface area contributed by atoms with Crippen LogP contribution in [-0.2, 0) is 4.79 Å². The predicted octanol–water partition coefficient (Wildman–Crippen LogP) is 2.62. The molecule has 0 aliphatic heterocycles. The number of nitrogens with zero attached hydrogens (tertiary/aromatic N) is 1. The van der Waals surface area contributed by atoms with E-state index in [0.717, 1.165) is 12.2 Å². The van der Waals surface area contributed by atoms with Crippen LogP contribution < -0.4 is 10.6 Å². The summed E-state index contributed by atoms with van der Waals surface area (Å²) in [6.07, 6.45) is 1.46. The van der Waals surface area contributed by atoms with E-state index < -0.39 is 11.5 Å². The Balaban J connectivity index is 2.60. The number of benzene rings is 1. The average molecular weight is 282 g/mol. The lowest BCUT2D eigenvalue weighted by Gasteiger charge is -2.27. The Bertz CT molecular complexity index is 453. The van der Waals surface area contributed by atoms with Crippen molar-refractivity contribution in [3.05, 3.63) is 30.1 Å². The van der Waals surface area contributed by atoms with E-state index in [0.29, 0.717) is 25.8 Å². The molecule has 0 radical (unpaired) electrons. The summed E-state index contributed by atoms with van der Waals surface area (Å²) in [6, 6.07) is 6.41. The number of carboxylic acids is 1. The molecule has 1 aromatic rings. The summed E-state index contributed by atoms with van der Waals surface area (Å²) in [7, 11) is 0. The second-order valence-corrected chi connectivity index (χ2v) is 4.98. The van der Waals surface area contributed by atoms with Crippen molar-refractivity contribution >= 4 is 11.7 Å². The van der Waals surface area contributed by atoms with Gasteiger partial charge in [0.25, 0.3) is 0 Å². The minimum Gasteiger partial charge on any atom is -0.480 e. The number of hydrogen-bond acceptors (Lipinski definition) is 3. The van der Waals surface area contributed by atoms with Crippen molar-refractivity contribution in [2.75, 3.05) is 18.0 Å². The van der Waals surface area contributed by atoms with Crippen molar-refractivity contribution in [2.45, 2.75) is 38.6 Å². The first kappa shape index (κ1) is 16.4. The summed E-state index contributed by atoms with van der Waals surface area (Å²) >= 11 is 0. The quantitative estimate of drug-likeness (QED) is 0.769. The van der Waals surface area contributed by atoms with Crippen LogP contribution >= 0.6 is 0 Å². The molecule has 1 atom stereocenters. The molecule has 112 valence electrons. The maximum Gasteiger partial charge on any atom is 0.323 e. The van der Waals surface area contributed by atoms with Gasteiger partial charge < -0.3 is 15.7 Å². The Morgan fingerprint density at radius 3 is 2.65 bits per heavy atom. The maximum atomic E-state index is 13.2. The molecule has 0 amide bonds. The molecule has 5 heteroatoms. The van der Waals surface area contributed by atoms with Crippen molar-refractivity contribution in [3.8, 4) is 0 Å². The Labute approximate surface area is 119 Å². The zero-order valence-electron chi connectivity index (χ0n) is 12.1. The van der Waals surface area contributed by atoms with Gasteiger partial charge in [-0.3, -0.25) is 4.79 Å². The lowest BCUT2D eigenvalue weighted by Crippen LogP contribution is -2.47. The van der Waals surface area contributed by atoms with Crippen molar-refractivity contribution < 1.29 is 14.3 Å². The van der Waals surface area contributed by atoms with Crippen LogP contribution in [0.5, 0.6) is 0 Å². The summed E-state index contributed by atoms with van der Waals surface area (Å²) in [5.41, 5.74) is 5.49. The molecule has 0 saturated carbocycles. The van der Waals surface area contributed by atoms with Gasteiger partial charge in [-0.1, -0.05) is 13.0 Å². The molecule has 20 heavy (non-hydrogen) atoms. The van der Waals surface area contributed by atoms with Crippen LogP contribution in [0.1, 0.15) is 33.1 Å². The third-order valence-electron chi connectivity index (χ3n) is 3.66. The summed E-state index contributed by atoms with van der Waals surface area (Å²) in [5, 5.41) is 9.12. The van der Waals surface area contributed by atoms with Crippen LogP contribution in [0.15, 0.2) is 24.3 Å².